The summed E-state index contributed by atoms with van der Waals surface area (Å²) in [5.74, 6) is -0.759. The molecule has 59 heavy (non-hydrogen) atoms. The van der Waals surface area contributed by atoms with Crippen molar-refractivity contribution in [3.63, 3.8) is 0 Å². The molecule has 0 N–H and O–H groups in total. The Hall–Kier alpha value is -7.24. The summed E-state index contributed by atoms with van der Waals surface area (Å²) in [5, 5.41) is 15.4. The topological polar surface area (TPSA) is 67.9 Å². The van der Waals surface area contributed by atoms with Crippen molar-refractivity contribution in [2.45, 2.75) is 38.5 Å². The van der Waals surface area contributed by atoms with Gasteiger partial charge in [-0.3, -0.25) is 10.1 Å². The van der Waals surface area contributed by atoms with E-state index in [-0.39, 0.29) is 22.4 Å². The molecule has 0 aromatic heterocycles. The first-order valence-corrected chi connectivity index (χ1v) is 20.4. The van der Waals surface area contributed by atoms with Crippen LogP contribution in [0.5, 0.6) is 0 Å². The molecule has 0 spiro atoms. The van der Waals surface area contributed by atoms with E-state index in [0.717, 1.165) is 85.2 Å². The summed E-state index contributed by atoms with van der Waals surface area (Å²) in [5.41, 5.74) is 13.2. The molecule has 0 saturated heterocycles. The zero-order valence-corrected chi connectivity index (χ0v) is 33.1. The Morgan fingerprint density at radius 3 is 1.22 bits per heavy atom. The lowest BCUT2D eigenvalue weighted by molar-refractivity contribution is -0.385. The second kappa shape index (κ2) is 16.3. The van der Waals surface area contributed by atoms with E-state index in [2.05, 4.69) is 117 Å². The number of aliphatic imine (C=N–C) groups is 2. The summed E-state index contributed by atoms with van der Waals surface area (Å²) in [6, 6.07) is 63.8. The Morgan fingerprint density at radius 2 is 0.847 bits per heavy atom. The zero-order valence-electron chi connectivity index (χ0n) is 33.1. The van der Waals surface area contributed by atoms with Gasteiger partial charge in [0.25, 0.3) is 5.69 Å². The average Bonchev–Trinajstić information content (AvgIpc) is 3.58. The zero-order chi connectivity index (χ0) is 40.3. The van der Waals surface area contributed by atoms with Crippen molar-refractivity contribution in [1.29, 1.82) is 0 Å². The summed E-state index contributed by atoms with van der Waals surface area (Å²) < 4.78 is 0. The maximum Gasteiger partial charge on any atom is 0.270 e. The number of benzene rings is 8. The van der Waals surface area contributed by atoms with Gasteiger partial charge in [0, 0.05) is 40.5 Å². The van der Waals surface area contributed by atoms with Crippen LogP contribution in [0.2, 0.25) is 0 Å². The molecule has 0 saturated carbocycles. The molecule has 0 radical (unpaired) electrons. The van der Waals surface area contributed by atoms with Crippen LogP contribution < -0.4 is 0 Å². The average molecular weight is 766 g/mol. The molecule has 5 nitrogen and oxygen atoms in total. The Morgan fingerprint density at radius 1 is 0.475 bits per heavy atom. The normalized spacial score (nSPS) is 13.6. The van der Waals surface area contributed by atoms with Crippen molar-refractivity contribution in [1.82, 2.24) is 0 Å². The van der Waals surface area contributed by atoms with Crippen LogP contribution >= 0.6 is 0 Å². The Labute approximate surface area is 345 Å². The van der Waals surface area contributed by atoms with Gasteiger partial charge < -0.3 is 0 Å². The molecular formula is C54H43N3O2. The van der Waals surface area contributed by atoms with Crippen molar-refractivity contribution in [3.8, 4) is 0 Å². The maximum absolute atomic E-state index is 13.2. The van der Waals surface area contributed by atoms with Crippen LogP contribution in [0.3, 0.4) is 0 Å². The van der Waals surface area contributed by atoms with Gasteiger partial charge in [0.2, 0.25) is 0 Å². The number of nitro benzene ring substituents is 1. The van der Waals surface area contributed by atoms with Gasteiger partial charge in [0.15, 0.2) is 0 Å². The molecule has 8 aromatic rings. The lowest BCUT2D eigenvalue weighted by Gasteiger charge is -2.26. The predicted octanol–water partition coefficient (Wildman–Crippen LogP) is 13.5. The van der Waals surface area contributed by atoms with E-state index in [1.165, 1.54) is 11.1 Å². The molecule has 1 aliphatic carbocycles. The fraction of sp³-hybridized carbons (Fsp3) is 0.111. The van der Waals surface area contributed by atoms with Crippen molar-refractivity contribution in [3.05, 3.63) is 254 Å². The molecule has 286 valence electrons. The third-order valence-corrected chi connectivity index (χ3v) is 11.6. The predicted molar refractivity (Wildman–Crippen MR) is 242 cm³/mol. The first-order chi connectivity index (χ1) is 29.0. The highest BCUT2D eigenvalue weighted by Gasteiger charge is 2.33. The highest BCUT2D eigenvalue weighted by Crippen LogP contribution is 2.48. The molecule has 0 bridgehead atoms. The molecular weight excluding hydrogens is 723 g/mol. The van der Waals surface area contributed by atoms with Crippen molar-refractivity contribution < 1.29 is 4.92 Å². The molecule has 9 rings (SSSR count). The molecule has 0 aliphatic heterocycles. The smallest absolute Gasteiger partial charge is 0.258 e. The van der Waals surface area contributed by atoms with E-state index in [4.69, 9.17) is 9.98 Å². The van der Waals surface area contributed by atoms with Gasteiger partial charge in [-0.15, -0.1) is 0 Å². The standard InChI is InChI=1S/C54H43N3O2/c1-3-36-28-17-29-37(4-2)51(36)55-53-44-32-18-30-42-31-19-33-45(50(42)44)54(53)56-52-46(48(38-20-9-5-10-21-38)39-22-11-6-12-23-39)34-43(57(58)59)35-47(52)49(40-24-13-7-14-25-40)41-26-15-8-16-27-41/h5-35,48-49H,3-4H2,1-2H3. The van der Waals surface area contributed by atoms with Crippen LogP contribution in [0, 0.1) is 10.1 Å². The molecule has 0 unspecified atom stereocenters. The van der Waals surface area contributed by atoms with Crippen LogP contribution in [-0.2, 0) is 12.8 Å². The van der Waals surface area contributed by atoms with Crippen LogP contribution in [0.25, 0.3) is 10.8 Å². The van der Waals surface area contributed by atoms with Crippen molar-refractivity contribution >= 4 is 39.3 Å². The van der Waals surface area contributed by atoms with Crippen LogP contribution in [-0.4, -0.2) is 16.3 Å². The first kappa shape index (κ1) is 37.3. The van der Waals surface area contributed by atoms with Gasteiger partial charge in [-0.1, -0.05) is 190 Å². The van der Waals surface area contributed by atoms with Gasteiger partial charge in [0.1, 0.15) is 0 Å². The Bertz CT molecular complexity index is 2660. The number of aryl methyl sites for hydroxylation is 2. The lowest BCUT2D eigenvalue weighted by Crippen LogP contribution is -2.14. The number of nitro groups is 1. The van der Waals surface area contributed by atoms with Gasteiger partial charge in [-0.05, 0) is 62.7 Å². The summed E-state index contributed by atoms with van der Waals surface area (Å²) >= 11 is 0. The monoisotopic (exact) mass is 765 g/mol. The van der Waals surface area contributed by atoms with Crippen LogP contribution in [0.1, 0.15) is 81.3 Å². The molecule has 0 atom stereocenters. The minimum Gasteiger partial charge on any atom is -0.258 e. The number of rotatable bonds is 11. The van der Waals surface area contributed by atoms with E-state index in [9.17, 15) is 10.1 Å². The van der Waals surface area contributed by atoms with E-state index in [0.29, 0.717) is 5.69 Å². The quantitative estimate of drug-likeness (QED) is 0.0747. The third kappa shape index (κ3) is 7.06. The molecule has 0 amide bonds. The second-order valence-corrected chi connectivity index (χ2v) is 15.0. The highest BCUT2D eigenvalue weighted by atomic mass is 16.6. The van der Waals surface area contributed by atoms with Gasteiger partial charge in [0.05, 0.1) is 27.7 Å². The molecule has 0 fully saturated rings. The van der Waals surface area contributed by atoms with Crippen LogP contribution in [0.4, 0.5) is 17.1 Å². The van der Waals surface area contributed by atoms with Crippen molar-refractivity contribution in [2.24, 2.45) is 9.98 Å². The van der Waals surface area contributed by atoms with E-state index >= 15 is 0 Å². The minimum absolute atomic E-state index is 0.0165. The highest BCUT2D eigenvalue weighted by molar-refractivity contribution is 6.61. The largest absolute Gasteiger partial charge is 0.270 e. The number of nitrogens with zero attached hydrogens (tertiary/aromatic N) is 3. The number of para-hydroxylation sites is 1. The third-order valence-electron chi connectivity index (χ3n) is 11.6. The summed E-state index contributed by atoms with van der Waals surface area (Å²) in [4.78, 5) is 24.4. The number of hydrogen-bond acceptors (Lipinski definition) is 4. The Kier molecular flexibility index (Phi) is 10.3. The van der Waals surface area contributed by atoms with E-state index < -0.39 is 0 Å². The van der Waals surface area contributed by atoms with Gasteiger partial charge in [-0.2, -0.15) is 0 Å². The molecule has 8 aromatic carbocycles. The second-order valence-electron chi connectivity index (χ2n) is 15.0. The molecule has 5 heteroatoms. The van der Waals surface area contributed by atoms with E-state index in [1.807, 2.05) is 72.8 Å². The summed E-state index contributed by atoms with van der Waals surface area (Å²) in [7, 11) is 0. The first-order valence-electron chi connectivity index (χ1n) is 20.4. The number of non-ortho nitro benzene ring substituents is 1. The summed E-state index contributed by atoms with van der Waals surface area (Å²) in [6.07, 6.45) is 1.68. The molecule has 1 aliphatic rings. The van der Waals surface area contributed by atoms with Crippen LogP contribution in [0.15, 0.2) is 198 Å². The maximum atomic E-state index is 13.2. The molecule has 0 heterocycles. The van der Waals surface area contributed by atoms with Gasteiger partial charge in [-0.25, -0.2) is 9.98 Å². The SMILES string of the molecule is CCc1cccc(CC)c1N=C1C(=Nc2c(C(c3ccccc3)c3ccccc3)cc([N+](=O)[O-])cc2C(c2ccccc2)c2ccccc2)c2cccc3cccc1c23. The summed E-state index contributed by atoms with van der Waals surface area (Å²) in [6.45, 7) is 4.35. The fourth-order valence-corrected chi connectivity index (χ4v) is 8.82. The van der Waals surface area contributed by atoms with Crippen molar-refractivity contribution in [2.75, 3.05) is 0 Å². The van der Waals surface area contributed by atoms with E-state index in [1.54, 1.807) is 12.1 Å². The number of hydrogen-bond donors (Lipinski definition) is 0. The Balaban J connectivity index is 1.45. The van der Waals surface area contributed by atoms with Gasteiger partial charge >= 0.3 is 0 Å². The fourth-order valence-electron chi connectivity index (χ4n) is 8.82. The minimum atomic E-state index is -0.380. The lowest BCUT2D eigenvalue weighted by atomic mass is 9.78.